The van der Waals surface area contributed by atoms with E-state index in [-0.39, 0.29) is 0 Å². The first-order valence-corrected chi connectivity index (χ1v) is 9.91. The van der Waals surface area contributed by atoms with Crippen LogP contribution in [-0.2, 0) is 12.8 Å². The molecule has 0 aliphatic rings. The summed E-state index contributed by atoms with van der Waals surface area (Å²) in [5.74, 6) is 0. The molecule has 25 heavy (non-hydrogen) atoms. The average Bonchev–Trinajstić information content (AvgIpc) is 2.52. The normalized spacial score (nSPS) is 12.7. The minimum absolute atomic E-state index is 0.358. The maximum absolute atomic E-state index is 4.31. The Kier molecular flexibility index (Phi) is 8.48. The summed E-state index contributed by atoms with van der Waals surface area (Å²) in [4.78, 5) is 0. The van der Waals surface area contributed by atoms with E-state index in [1.807, 2.05) is 0 Å². The third-order valence-electron chi connectivity index (χ3n) is 4.71. The second kappa shape index (κ2) is 9.85. The van der Waals surface area contributed by atoms with Crippen molar-refractivity contribution in [3.05, 3.63) is 53.7 Å². The molecule has 1 nitrogen and oxygen atoms in total. The number of rotatable bonds is 10. The van der Waals surface area contributed by atoms with Crippen molar-refractivity contribution in [3.63, 3.8) is 0 Å². The van der Waals surface area contributed by atoms with Gasteiger partial charge >= 0.3 is 0 Å². The summed E-state index contributed by atoms with van der Waals surface area (Å²) >= 11 is 0. The molecule has 0 fully saturated rings. The fourth-order valence-electron chi connectivity index (χ4n) is 3.34. The molecule has 1 atom stereocenters. The van der Waals surface area contributed by atoms with Crippen LogP contribution in [0.25, 0.3) is 5.57 Å². The molecule has 0 radical (unpaired) electrons. The number of allylic oxidation sites excluding steroid dienone is 2. The molecule has 1 aromatic carbocycles. The molecule has 0 aliphatic heterocycles. The largest absolute Gasteiger partial charge is 0.386 e. The van der Waals surface area contributed by atoms with Gasteiger partial charge in [0.15, 0.2) is 0 Å². The zero-order valence-electron chi connectivity index (χ0n) is 17.5. The summed E-state index contributed by atoms with van der Waals surface area (Å²) in [5, 5.41) is 3.61. The highest BCUT2D eigenvalue weighted by molar-refractivity contribution is 5.67. The lowest BCUT2D eigenvalue weighted by atomic mass is 9.89. The first kappa shape index (κ1) is 21.5. The lowest BCUT2D eigenvalue weighted by molar-refractivity contribution is 0.371. The van der Waals surface area contributed by atoms with Crippen molar-refractivity contribution >= 4 is 5.57 Å². The highest BCUT2D eigenvalue weighted by Crippen LogP contribution is 2.26. The zero-order chi connectivity index (χ0) is 19.0. The Bertz CT molecular complexity index is 574. The van der Waals surface area contributed by atoms with Crippen molar-refractivity contribution < 1.29 is 0 Å². The maximum atomic E-state index is 4.31. The van der Waals surface area contributed by atoms with E-state index in [9.17, 15) is 0 Å². The molecular weight excluding hydrogens is 302 g/mol. The Morgan fingerprint density at radius 1 is 1.12 bits per heavy atom. The van der Waals surface area contributed by atoms with E-state index in [1.54, 1.807) is 0 Å². The fourth-order valence-corrected chi connectivity index (χ4v) is 3.34. The molecule has 1 N–H and O–H groups in total. The summed E-state index contributed by atoms with van der Waals surface area (Å²) < 4.78 is 0. The molecule has 1 heteroatoms. The predicted molar refractivity (Wildman–Crippen MR) is 114 cm³/mol. The molecule has 0 heterocycles. The Morgan fingerprint density at radius 2 is 1.80 bits per heavy atom. The highest BCUT2D eigenvalue weighted by atomic mass is 14.9. The average molecular weight is 342 g/mol. The first-order valence-electron chi connectivity index (χ1n) is 9.91. The molecule has 1 rings (SSSR count). The smallest absolute Gasteiger partial charge is 0.0270 e. The van der Waals surface area contributed by atoms with E-state index in [1.165, 1.54) is 22.3 Å². The van der Waals surface area contributed by atoms with Gasteiger partial charge in [0, 0.05) is 11.7 Å². The van der Waals surface area contributed by atoms with E-state index >= 15 is 0 Å². The van der Waals surface area contributed by atoms with Crippen molar-refractivity contribution in [3.8, 4) is 0 Å². The van der Waals surface area contributed by atoms with Gasteiger partial charge in [-0.3, -0.25) is 0 Å². The Labute approximate surface area is 156 Å². The van der Waals surface area contributed by atoms with E-state index in [2.05, 4.69) is 78.2 Å². The summed E-state index contributed by atoms with van der Waals surface area (Å²) in [6.45, 7) is 22.1. The highest BCUT2D eigenvalue weighted by Gasteiger charge is 2.14. The van der Waals surface area contributed by atoms with E-state index < -0.39 is 0 Å². The van der Waals surface area contributed by atoms with Crippen LogP contribution in [-0.4, -0.2) is 6.04 Å². The summed E-state index contributed by atoms with van der Waals surface area (Å²) in [6.07, 6.45) is 6.53. The maximum Gasteiger partial charge on any atom is 0.0270 e. The van der Waals surface area contributed by atoms with Gasteiger partial charge in [-0.2, -0.15) is 0 Å². The second-order valence-electron chi connectivity index (χ2n) is 8.56. The van der Waals surface area contributed by atoms with Gasteiger partial charge in [-0.15, -0.1) is 0 Å². The lowest BCUT2D eigenvalue weighted by Crippen LogP contribution is -2.28. The van der Waals surface area contributed by atoms with Crippen LogP contribution < -0.4 is 5.32 Å². The molecule has 0 aromatic heterocycles. The van der Waals surface area contributed by atoms with Crippen molar-refractivity contribution in [1.82, 2.24) is 5.32 Å². The molecule has 0 aliphatic carbocycles. The molecule has 0 saturated heterocycles. The van der Waals surface area contributed by atoms with Crippen LogP contribution in [0.4, 0.5) is 0 Å². The Hall–Kier alpha value is -1.50. The van der Waals surface area contributed by atoms with Crippen LogP contribution in [0.3, 0.4) is 0 Å². The van der Waals surface area contributed by atoms with Gasteiger partial charge < -0.3 is 5.32 Å². The number of nitrogens with one attached hydrogen (secondary N) is 1. The van der Waals surface area contributed by atoms with Crippen LogP contribution in [0.5, 0.6) is 0 Å². The summed E-state index contributed by atoms with van der Waals surface area (Å²) in [5.41, 5.74) is 7.07. The van der Waals surface area contributed by atoms with Gasteiger partial charge in [0.25, 0.3) is 0 Å². The van der Waals surface area contributed by atoms with Gasteiger partial charge in [-0.25, -0.2) is 0 Å². The third kappa shape index (κ3) is 7.50. The minimum Gasteiger partial charge on any atom is -0.386 e. The van der Waals surface area contributed by atoms with Gasteiger partial charge in [0.2, 0.25) is 0 Å². The zero-order valence-corrected chi connectivity index (χ0v) is 17.5. The van der Waals surface area contributed by atoms with E-state index in [0.717, 1.165) is 44.2 Å². The van der Waals surface area contributed by atoms with Gasteiger partial charge in [0.05, 0.1) is 0 Å². The molecule has 1 aromatic rings. The second-order valence-corrected chi connectivity index (χ2v) is 8.56. The molecule has 140 valence electrons. The van der Waals surface area contributed by atoms with Crippen molar-refractivity contribution in [2.24, 2.45) is 5.41 Å². The van der Waals surface area contributed by atoms with Crippen LogP contribution >= 0.6 is 0 Å². The number of hydrogen-bond donors (Lipinski definition) is 1. The van der Waals surface area contributed by atoms with Gasteiger partial charge in [0.1, 0.15) is 0 Å². The van der Waals surface area contributed by atoms with Crippen molar-refractivity contribution in [2.45, 2.75) is 86.1 Å². The molecule has 0 spiro atoms. The molecule has 0 saturated carbocycles. The van der Waals surface area contributed by atoms with Crippen LogP contribution in [0.1, 0.15) is 83.9 Å². The molecular formula is C24H39N. The first-order chi connectivity index (χ1) is 11.7. The SMILES string of the molecule is C=C(CCC(C)(C)C)NC(C)Cc1cccc(C(=C)CCC)c1CC. The van der Waals surface area contributed by atoms with Crippen LogP contribution in [0.2, 0.25) is 0 Å². The van der Waals surface area contributed by atoms with Gasteiger partial charge in [-0.1, -0.05) is 72.4 Å². The Balaban J connectivity index is 2.76. The minimum atomic E-state index is 0.358. The summed E-state index contributed by atoms with van der Waals surface area (Å²) in [7, 11) is 0. The van der Waals surface area contributed by atoms with E-state index in [0.29, 0.717) is 11.5 Å². The third-order valence-corrected chi connectivity index (χ3v) is 4.71. The topological polar surface area (TPSA) is 12.0 Å². The number of benzene rings is 1. The monoisotopic (exact) mass is 341 g/mol. The molecule has 1 unspecified atom stereocenters. The van der Waals surface area contributed by atoms with Gasteiger partial charge in [-0.05, 0) is 66.7 Å². The Morgan fingerprint density at radius 3 is 2.36 bits per heavy atom. The molecule has 0 amide bonds. The molecule has 0 bridgehead atoms. The van der Waals surface area contributed by atoms with Crippen molar-refractivity contribution in [2.75, 3.05) is 0 Å². The predicted octanol–water partition coefficient (Wildman–Crippen LogP) is 6.92. The van der Waals surface area contributed by atoms with Crippen LogP contribution in [0, 0.1) is 5.41 Å². The van der Waals surface area contributed by atoms with Crippen molar-refractivity contribution in [1.29, 1.82) is 0 Å². The van der Waals surface area contributed by atoms with Crippen LogP contribution in [0.15, 0.2) is 37.1 Å². The van der Waals surface area contributed by atoms with E-state index in [4.69, 9.17) is 0 Å². The standard InChI is InChI=1S/C24H39N/c1-9-12-18(3)23-14-11-13-21(22(23)10-2)17-20(5)25-19(4)15-16-24(6,7)8/h11,13-14,20,25H,3-4,9-10,12,15-17H2,1-2,5-8H3. The number of hydrogen-bond acceptors (Lipinski definition) is 1. The quantitative estimate of drug-likeness (QED) is 0.487. The summed E-state index contributed by atoms with van der Waals surface area (Å²) in [6, 6.07) is 7.09. The lowest BCUT2D eigenvalue weighted by Gasteiger charge is -2.23. The fraction of sp³-hybridized carbons (Fsp3) is 0.583.